The van der Waals surface area contributed by atoms with Gasteiger partial charge >= 0.3 is 5.97 Å². The van der Waals surface area contributed by atoms with Gasteiger partial charge in [-0.15, -0.1) is 11.3 Å². The van der Waals surface area contributed by atoms with Gasteiger partial charge in [-0.05, 0) is 101 Å². The predicted molar refractivity (Wildman–Crippen MR) is 209 cm³/mol. The lowest BCUT2D eigenvalue weighted by molar-refractivity contribution is 0.0520. The number of benzene rings is 4. The number of aromatic nitrogens is 3. The Kier molecular flexibility index (Phi) is 12.3. The van der Waals surface area contributed by atoms with E-state index in [2.05, 4.69) is 20.9 Å². The summed E-state index contributed by atoms with van der Waals surface area (Å²) >= 11 is 4.57. The summed E-state index contributed by atoms with van der Waals surface area (Å²) in [6.45, 7) is 4.24. The first kappa shape index (κ1) is 38.8. The summed E-state index contributed by atoms with van der Waals surface area (Å²) in [5.74, 6) is 0.437. The molecule has 280 valence electrons. The van der Waals surface area contributed by atoms with Crippen LogP contribution < -0.4 is 9.47 Å². The van der Waals surface area contributed by atoms with Crippen LogP contribution in [0.3, 0.4) is 0 Å². The normalized spacial score (nSPS) is 11.5. The van der Waals surface area contributed by atoms with Crippen LogP contribution in [0.2, 0.25) is 0 Å². The van der Waals surface area contributed by atoms with Crippen molar-refractivity contribution >= 4 is 43.3 Å². The second-order valence-corrected chi connectivity index (χ2v) is 15.8. The Morgan fingerprint density at radius 3 is 2.00 bits per heavy atom. The van der Waals surface area contributed by atoms with Crippen LogP contribution in [0.4, 0.5) is 4.39 Å². The Balaban J connectivity index is 1.34. The average molecular weight is 834 g/mol. The third-order valence-electron chi connectivity index (χ3n) is 8.75. The molecule has 4 aromatic carbocycles. The summed E-state index contributed by atoms with van der Waals surface area (Å²) in [6.07, 6.45) is 0.961. The fourth-order valence-electron chi connectivity index (χ4n) is 5.96. The lowest BCUT2D eigenvalue weighted by Crippen LogP contribution is -2.30. The van der Waals surface area contributed by atoms with E-state index < -0.39 is 21.8 Å². The highest BCUT2D eigenvalue weighted by Crippen LogP contribution is 2.34. The monoisotopic (exact) mass is 832 g/mol. The zero-order valence-electron chi connectivity index (χ0n) is 30.1. The topological polar surface area (TPSA) is 113 Å². The molecule has 2 heterocycles. The highest BCUT2D eigenvalue weighted by molar-refractivity contribution is 9.10. The zero-order chi connectivity index (χ0) is 38.4. The number of ether oxygens (including phenoxy) is 3. The Bertz CT molecular complexity index is 2300. The number of carbonyl (C=O) groups is 1. The predicted octanol–water partition coefficient (Wildman–Crippen LogP) is 8.64. The maximum absolute atomic E-state index is 14.3. The standard InChI is InChI=1S/C40H38BrFN4O6S2/c1-5-37-33(38(29-13-20-35(42)34(41)22-29)44-46(37)40-43-36(25-53-40)39(47)52-6-2)21-26-11-18-32(19-12-26)54(48,49)45(23-27-7-14-30(50-3)15-8-27)24-28-9-16-31(51-4)17-10-28/h7-20,22,25H,5-6,21,23-24H2,1-4H3. The number of nitrogens with zero attached hydrogens (tertiary/aromatic N) is 4. The van der Waals surface area contributed by atoms with Crippen LogP contribution >= 0.6 is 27.3 Å². The van der Waals surface area contributed by atoms with Crippen molar-refractivity contribution < 1.29 is 31.8 Å². The van der Waals surface area contributed by atoms with Gasteiger partial charge in [0.05, 0.1) is 41.6 Å². The molecular weight excluding hydrogens is 795 g/mol. The van der Waals surface area contributed by atoms with E-state index >= 15 is 0 Å². The second kappa shape index (κ2) is 17.1. The van der Waals surface area contributed by atoms with Gasteiger partial charge in [0.15, 0.2) is 5.69 Å². The SMILES string of the molecule is CCOC(=O)c1csc(-n2nc(-c3ccc(F)c(Br)c3)c(Cc3ccc(S(=O)(=O)N(Cc4ccc(OC)cc4)Cc4ccc(OC)cc4)cc3)c2CC)n1. The van der Waals surface area contributed by atoms with Gasteiger partial charge < -0.3 is 14.2 Å². The molecule has 6 aromatic rings. The van der Waals surface area contributed by atoms with E-state index in [0.29, 0.717) is 45.2 Å². The van der Waals surface area contributed by atoms with Crippen LogP contribution in [-0.4, -0.2) is 54.3 Å². The zero-order valence-corrected chi connectivity index (χ0v) is 33.3. The van der Waals surface area contributed by atoms with Crippen molar-refractivity contribution in [2.24, 2.45) is 0 Å². The number of hydrogen-bond acceptors (Lipinski definition) is 9. The maximum atomic E-state index is 14.3. The largest absolute Gasteiger partial charge is 0.497 e. The van der Waals surface area contributed by atoms with Gasteiger partial charge in [-0.2, -0.15) is 9.40 Å². The van der Waals surface area contributed by atoms with Crippen molar-refractivity contribution in [3.63, 3.8) is 0 Å². The van der Waals surface area contributed by atoms with Gasteiger partial charge in [0.2, 0.25) is 15.2 Å². The molecule has 0 saturated heterocycles. The molecule has 0 atom stereocenters. The van der Waals surface area contributed by atoms with E-state index in [0.717, 1.165) is 27.9 Å². The molecule has 0 fully saturated rings. The highest BCUT2D eigenvalue weighted by Gasteiger charge is 2.27. The minimum atomic E-state index is -3.96. The first-order chi connectivity index (χ1) is 26.0. The molecule has 54 heavy (non-hydrogen) atoms. The van der Waals surface area contributed by atoms with Gasteiger partial charge in [-0.1, -0.05) is 43.3 Å². The molecule has 2 aromatic heterocycles. The number of methoxy groups -OCH3 is 2. The molecule has 0 aliphatic heterocycles. The number of rotatable bonds is 15. The van der Waals surface area contributed by atoms with Crippen LogP contribution in [0, 0.1) is 5.82 Å². The molecule has 0 radical (unpaired) electrons. The Morgan fingerprint density at radius 1 is 0.870 bits per heavy atom. The molecule has 0 amide bonds. The smallest absolute Gasteiger partial charge is 0.357 e. The van der Waals surface area contributed by atoms with Crippen molar-refractivity contribution in [3.8, 4) is 27.9 Å². The molecule has 0 spiro atoms. The van der Waals surface area contributed by atoms with Gasteiger partial charge in [0.25, 0.3) is 0 Å². The molecule has 0 aliphatic rings. The third-order valence-corrected chi connectivity index (χ3v) is 12.0. The molecule has 14 heteroatoms. The van der Waals surface area contributed by atoms with Gasteiger partial charge in [-0.25, -0.2) is 27.3 Å². The third kappa shape index (κ3) is 8.57. The van der Waals surface area contributed by atoms with E-state index in [9.17, 15) is 17.6 Å². The fourth-order valence-corrected chi connectivity index (χ4v) is 8.52. The van der Waals surface area contributed by atoms with Crippen LogP contribution in [0.15, 0.2) is 106 Å². The average Bonchev–Trinajstić information content (AvgIpc) is 3.82. The summed E-state index contributed by atoms with van der Waals surface area (Å²) < 4.78 is 62.1. The molecule has 0 N–H and O–H groups in total. The van der Waals surface area contributed by atoms with Gasteiger partial charge in [-0.3, -0.25) is 0 Å². The molecule has 10 nitrogen and oxygen atoms in total. The number of thiazole rings is 1. The van der Waals surface area contributed by atoms with Crippen molar-refractivity contribution in [2.75, 3.05) is 20.8 Å². The molecule has 6 rings (SSSR count). The lowest BCUT2D eigenvalue weighted by atomic mass is 9.98. The van der Waals surface area contributed by atoms with Crippen molar-refractivity contribution in [1.29, 1.82) is 0 Å². The minimum Gasteiger partial charge on any atom is -0.497 e. The molecular formula is C40H38BrFN4O6S2. The van der Waals surface area contributed by atoms with Gasteiger partial charge in [0, 0.05) is 36.0 Å². The molecule has 0 unspecified atom stereocenters. The summed E-state index contributed by atoms with van der Waals surface area (Å²) in [5.41, 5.74) is 5.65. The molecule has 0 bridgehead atoms. The Morgan fingerprint density at radius 2 is 1.46 bits per heavy atom. The van der Waals surface area contributed by atoms with E-state index in [4.69, 9.17) is 19.3 Å². The number of sulfonamides is 1. The summed E-state index contributed by atoms with van der Waals surface area (Å²) in [7, 11) is -0.795. The van der Waals surface area contributed by atoms with Crippen LogP contribution in [0.5, 0.6) is 11.5 Å². The summed E-state index contributed by atoms with van der Waals surface area (Å²) in [4.78, 5) is 17.1. The number of carbonyl (C=O) groups excluding carboxylic acids is 1. The molecule has 0 aliphatic carbocycles. The highest BCUT2D eigenvalue weighted by atomic mass is 79.9. The minimum absolute atomic E-state index is 0.143. The van der Waals surface area contributed by atoms with E-state index in [-0.39, 0.29) is 30.3 Å². The number of esters is 1. The Labute approximate surface area is 326 Å². The van der Waals surface area contributed by atoms with Crippen molar-refractivity contribution in [2.45, 2.75) is 44.7 Å². The van der Waals surface area contributed by atoms with Crippen LogP contribution in [0.25, 0.3) is 16.4 Å². The summed E-state index contributed by atoms with van der Waals surface area (Å²) in [6, 6.07) is 26.2. The first-order valence-electron chi connectivity index (χ1n) is 17.1. The fraction of sp³-hybridized carbons (Fsp3) is 0.225. The lowest BCUT2D eigenvalue weighted by Gasteiger charge is -2.23. The second-order valence-electron chi connectivity index (χ2n) is 12.2. The van der Waals surface area contributed by atoms with Crippen molar-refractivity contribution in [3.05, 3.63) is 140 Å². The first-order valence-corrected chi connectivity index (χ1v) is 20.2. The Hall–Kier alpha value is -4.89. The van der Waals surface area contributed by atoms with Gasteiger partial charge in [0.1, 0.15) is 17.3 Å². The van der Waals surface area contributed by atoms with Crippen LogP contribution in [0.1, 0.15) is 52.3 Å². The molecule has 0 saturated carbocycles. The van der Waals surface area contributed by atoms with E-state index in [1.165, 1.54) is 21.7 Å². The number of halogens is 2. The number of hydrogen-bond donors (Lipinski definition) is 0. The van der Waals surface area contributed by atoms with E-state index in [1.54, 1.807) is 67.6 Å². The maximum Gasteiger partial charge on any atom is 0.357 e. The van der Waals surface area contributed by atoms with Crippen LogP contribution in [-0.2, 0) is 40.7 Å². The summed E-state index contributed by atoms with van der Waals surface area (Å²) in [5, 5.41) is 7.06. The van der Waals surface area contributed by atoms with E-state index in [1.807, 2.05) is 55.5 Å². The quantitative estimate of drug-likeness (QED) is 0.0946. The van der Waals surface area contributed by atoms with Crippen molar-refractivity contribution in [1.82, 2.24) is 19.1 Å².